The van der Waals surface area contributed by atoms with E-state index in [9.17, 15) is 4.79 Å². The molecule has 0 aliphatic rings. The van der Waals surface area contributed by atoms with Crippen molar-refractivity contribution in [3.8, 4) is 5.75 Å². The van der Waals surface area contributed by atoms with E-state index in [2.05, 4.69) is 0 Å². The molecule has 16 heavy (non-hydrogen) atoms. The molecule has 0 spiro atoms. The van der Waals surface area contributed by atoms with E-state index in [4.69, 9.17) is 4.74 Å². The van der Waals surface area contributed by atoms with Gasteiger partial charge in [-0.2, -0.15) is 0 Å². The summed E-state index contributed by atoms with van der Waals surface area (Å²) in [4.78, 5) is 13.5. The third kappa shape index (κ3) is 3.26. The lowest BCUT2D eigenvalue weighted by atomic mass is 10.1. The highest BCUT2D eigenvalue weighted by Gasteiger charge is 2.10. The van der Waals surface area contributed by atoms with Crippen LogP contribution in [0.5, 0.6) is 5.75 Å². The molecule has 0 N–H and O–H groups in total. The van der Waals surface area contributed by atoms with Gasteiger partial charge in [-0.25, -0.2) is 0 Å². The first-order valence-electron chi connectivity index (χ1n) is 5.42. The van der Waals surface area contributed by atoms with Gasteiger partial charge in [0.25, 0.3) is 0 Å². The number of rotatable bonds is 5. The maximum atomic E-state index is 11.6. The molecule has 0 bridgehead atoms. The van der Waals surface area contributed by atoms with Crippen molar-refractivity contribution in [2.24, 2.45) is 5.92 Å². The van der Waals surface area contributed by atoms with Gasteiger partial charge < -0.3 is 9.64 Å². The van der Waals surface area contributed by atoms with E-state index in [-0.39, 0.29) is 11.7 Å². The molecule has 0 radical (unpaired) electrons. The number of methoxy groups -OCH3 is 1. The first kappa shape index (κ1) is 12.6. The van der Waals surface area contributed by atoms with Gasteiger partial charge in [-0.05, 0) is 24.3 Å². The first-order valence-corrected chi connectivity index (χ1v) is 5.42. The van der Waals surface area contributed by atoms with Crippen LogP contribution in [0.15, 0.2) is 24.3 Å². The van der Waals surface area contributed by atoms with E-state index in [1.807, 2.05) is 50.1 Å². The molecule has 0 heterocycles. The molecule has 0 amide bonds. The fraction of sp³-hybridized carbons (Fsp3) is 0.462. The van der Waals surface area contributed by atoms with Gasteiger partial charge in [0.1, 0.15) is 5.75 Å². The molecule has 0 aliphatic heterocycles. The van der Waals surface area contributed by atoms with Crippen LogP contribution >= 0.6 is 0 Å². The number of nitrogens with zero attached hydrogens (tertiary/aromatic N) is 1. The third-order valence-electron chi connectivity index (χ3n) is 2.55. The zero-order valence-corrected chi connectivity index (χ0v) is 10.4. The van der Waals surface area contributed by atoms with E-state index in [0.717, 1.165) is 11.4 Å². The molecule has 0 saturated carbocycles. The number of benzene rings is 1. The zero-order chi connectivity index (χ0) is 12.1. The highest BCUT2D eigenvalue weighted by atomic mass is 16.5. The van der Waals surface area contributed by atoms with Crippen LogP contribution in [0.4, 0.5) is 5.69 Å². The van der Waals surface area contributed by atoms with Gasteiger partial charge >= 0.3 is 0 Å². The lowest BCUT2D eigenvalue weighted by Crippen LogP contribution is -2.28. The molecule has 3 heteroatoms. The van der Waals surface area contributed by atoms with Crippen LogP contribution < -0.4 is 9.64 Å². The van der Waals surface area contributed by atoms with Crippen molar-refractivity contribution < 1.29 is 9.53 Å². The number of ketones is 1. The second-order valence-corrected chi connectivity index (χ2v) is 4.18. The Labute approximate surface area is 97.0 Å². The molecule has 88 valence electrons. The number of anilines is 1. The van der Waals surface area contributed by atoms with Crippen molar-refractivity contribution in [2.75, 3.05) is 25.6 Å². The molecule has 0 unspecified atom stereocenters. The van der Waals surface area contributed by atoms with Crippen molar-refractivity contribution in [1.29, 1.82) is 0 Å². The third-order valence-corrected chi connectivity index (χ3v) is 2.55. The Morgan fingerprint density at radius 3 is 2.31 bits per heavy atom. The average molecular weight is 221 g/mol. The van der Waals surface area contributed by atoms with E-state index in [0.29, 0.717) is 6.54 Å². The van der Waals surface area contributed by atoms with Crippen LogP contribution in [0.1, 0.15) is 13.8 Å². The predicted octanol–water partition coefficient (Wildman–Crippen LogP) is 2.36. The average Bonchev–Trinajstić information content (AvgIpc) is 2.28. The van der Waals surface area contributed by atoms with Gasteiger partial charge in [0.2, 0.25) is 0 Å². The quantitative estimate of drug-likeness (QED) is 0.764. The second-order valence-electron chi connectivity index (χ2n) is 4.18. The summed E-state index contributed by atoms with van der Waals surface area (Å²) in [6.07, 6.45) is 0. The Morgan fingerprint density at radius 2 is 1.88 bits per heavy atom. The number of hydrogen-bond acceptors (Lipinski definition) is 3. The number of Topliss-reactive ketones (excluding diaryl/α,β-unsaturated/α-hetero) is 1. The van der Waals surface area contributed by atoms with Crippen LogP contribution in [-0.4, -0.2) is 26.5 Å². The fourth-order valence-electron chi connectivity index (χ4n) is 1.34. The lowest BCUT2D eigenvalue weighted by molar-refractivity contribution is -0.120. The Hall–Kier alpha value is -1.51. The second kappa shape index (κ2) is 5.54. The minimum Gasteiger partial charge on any atom is -0.497 e. The lowest BCUT2D eigenvalue weighted by Gasteiger charge is -2.19. The number of carbonyl (C=O) groups excluding carboxylic acids is 1. The Balaban J connectivity index is 2.65. The summed E-state index contributed by atoms with van der Waals surface area (Å²) in [5, 5.41) is 0. The standard InChI is InChI=1S/C13H19NO2/c1-10(2)13(15)9-14(3)11-5-7-12(16-4)8-6-11/h5-8,10H,9H2,1-4H3. The highest BCUT2D eigenvalue weighted by Crippen LogP contribution is 2.18. The minimum absolute atomic E-state index is 0.0840. The van der Waals surface area contributed by atoms with E-state index >= 15 is 0 Å². The molecular weight excluding hydrogens is 202 g/mol. The van der Waals surface area contributed by atoms with Crippen molar-refractivity contribution in [1.82, 2.24) is 0 Å². The maximum Gasteiger partial charge on any atom is 0.154 e. The molecule has 0 aromatic heterocycles. The number of hydrogen-bond donors (Lipinski definition) is 0. The molecule has 0 fully saturated rings. The molecular formula is C13H19NO2. The monoisotopic (exact) mass is 221 g/mol. The Bertz CT molecular complexity index is 343. The number of ether oxygens (including phenoxy) is 1. The highest BCUT2D eigenvalue weighted by molar-refractivity contribution is 5.85. The van der Waals surface area contributed by atoms with Gasteiger partial charge in [-0.1, -0.05) is 13.8 Å². The van der Waals surface area contributed by atoms with Crippen molar-refractivity contribution in [3.63, 3.8) is 0 Å². The van der Waals surface area contributed by atoms with Gasteiger partial charge in [0, 0.05) is 18.7 Å². The summed E-state index contributed by atoms with van der Waals surface area (Å²) < 4.78 is 5.08. The van der Waals surface area contributed by atoms with E-state index in [1.165, 1.54) is 0 Å². The Morgan fingerprint density at radius 1 is 1.31 bits per heavy atom. The summed E-state index contributed by atoms with van der Waals surface area (Å²) in [6.45, 7) is 4.29. The first-order chi connectivity index (χ1) is 7.54. The molecule has 0 atom stereocenters. The van der Waals surface area contributed by atoms with Crippen molar-refractivity contribution in [2.45, 2.75) is 13.8 Å². The maximum absolute atomic E-state index is 11.6. The van der Waals surface area contributed by atoms with Gasteiger partial charge in [-0.15, -0.1) is 0 Å². The topological polar surface area (TPSA) is 29.5 Å². The van der Waals surface area contributed by atoms with Crippen LogP contribution in [-0.2, 0) is 4.79 Å². The SMILES string of the molecule is COc1ccc(N(C)CC(=O)C(C)C)cc1. The summed E-state index contributed by atoms with van der Waals surface area (Å²) in [6, 6.07) is 7.69. The molecule has 1 aromatic rings. The van der Waals surface area contributed by atoms with Crippen LogP contribution in [0.3, 0.4) is 0 Å². The largest absolute Gasteiger partial charge is 0.497 e. The van der Waals surface area contributed by atoms with Gasteiger partial charge in [0.05, 0.1) is 13.7 Å². The Kier molecular flexibility index (Phi) is 4.35. The minimum atomic E-state index is 0.0840. The number of likely N-dealkylation sites (N-methyl/N-ethyl adjacent to an activating group) is 1. The van der Waals surface area contributed by atoms with Gasteiger partial charge in [0.15, 0.2) is 5.78 Å². The van der Waals surface area contributed by atoms with E-state index < -0.39 is 0 Å². The summed E-state index contributed by atoms with van der Waals surface area (Å²) in [5.41, 5.74) is 1.02. The smallest absolute Gasteiger partial charge is 0.154 e. The van der Waals surface area contributed by atoms with Crippen LogP contribution in [0.25, 0.3) is 0 Å². The normalized spacial score (nSPS) is 10.3. The molecule has 0 saturated heterocycles. The van der Waals surface area contributed by atoms with Crippen LogP contribution in [0, 0.1) is 5.92 Å². The summed E-state index contributed by atoms with van der Waals surface area (Å²) in [5.74, 6) is 1.16. The summed E-state index contributed by atoms with van der Waals surface area (Å²) >= 11 is 0. The van der Waals surface area contributed by atoms with Crippen molar-refractivity contribution >= 4 is 11.5 Å². The van der Waals surface area contributed by atoms with E-state index in [1.54, 1.807) is 7.11 Å². The van der Waals surface area contributed by atoms with Crippen LogP contribution in [0.2, 0.25) is 0 Å². The zero-order valence-electron chi connectivity index (χ0n) is 10.4. The molecule has 3 nitrogen and oxygen atoms in total. The molecule has 1 aromatic carbocycles. The number of carbonyl (C=O) groups is 1. The summed E-state index contributed by atoms with van der Waals surface area (Å²) in [7, 11) is 3.56. The predicted molar refractivity (Wildman–Crippen MR) is 66.1 cm³/mol. The molecule has 1 rings (SSSR count). The molecule has 0 aliphatic carbocycles. The fourth-order valence-corrected chi connectivity index (χ4v) is 1.34. The van der Waals surface area contributed by atoms with Gasteiger partial charge in [-0.3, -0.25) is 4.79 Å². The van der Waals surface area contributed by atoms with Crippen molar-refractivity contribution in [3.05, 3.63) is 24.3 Å².